The third kappa shape index (κ3) is 3.51. The van der Waals surface area contributed by atoms with Gasteiger partial charge in [-0.15, -0.1) is 0 Å². The molecule has 0 spiro atoms. The normalized spacial score (nSPS) is 17.5. The van der Waals surface area contributed by atoms with E-state index in [-0.39, 0.29) is 6.04 Å². The number of nitrogens with zero attached hydrogens (tertiary/aromatic N) is 1. The van der Waals surface area contributed by atoms with Crippen molar-refractivity contribution in [2.24, 2.45) is 0 Å². The predicted octanol–water partition coefficient (Wildman–Crippen LogP) is 2.68. The van der Waals surface area contributed by atoms with E-state index in [1.54, 1.807) is 20.5 Å². The summed E-state index contributed by atoms with van der Waals surface area (Å²) in [5.74, 6) is 2.60. The molecule has 0 radical (unpaired) electrons. The highest BCUT2D eigenvalue weighted by molar-refractivity contribution is 5.44. The maximum Gasteiger partial charge on any atom is 0.125 e. The molecule has 5 heteroatoms. The minimum atomic E-state index is 0.0231. The van der Waals surface area contributed by atoms with Gasteiger partial charge >= 0.3 is 0 Å². The Morgan fingerprint density at radius 1 is 1.13 bits per heavy atom. The smallest absolute Gasteiger partial charge is 0.125 e. The lowest BCUT2D eigenvalue weighted by atomic mass is 10.0. The Morgan fingerprint density at radius 2 is 2.04 bits per heavy atom. The summed E-state index contributed by atoms with van der Waals surface area (Å²) in [6.45, 7) is 4.00. The van der Waals surface area contributed by atoms with E-state index in [1.807, 2.05) is 30.3 Å². The number of hydrogen-bond donors (Lipinski definition) is 1. The summed E-state index contributed by atoms with van der Waals surface area (Å²) in [7, 11) is 3.39. The molecule has 1 unspecified atom stereocenters. The molecule has 2 heterocycles. The Kier molecular flexibility index (Phi) is 5.20. The Morgan fingerprint density at radius 3 is 2.78 bits per heavy atom. The van der Waals surface area contributed by atoms with Crippen LogP contribution in [0.2, 0.25) is 0 Å². The van der Waals surface area contributed by atoms with Crippen LogP contribution in [0.3, 0.4) is 0 Å². The largest absolute Gasteiger partial charge is 0.497 e. The molecular formula is C18H24N2O3. The van der Waals surface area contributed by atoms with E-state index in [4.69, 9.17) is 13.9 Å². The first-order valence-electron chi connectivity index (χ1n) is 8.03. The molecule has 3 rings (SSSR count). The van der Waals surface area contributed by atoms with Crippen LogP contribution in [0.15, 0.2) is 41.0 Å². The third-order valence-corrected chi connectivity index (χ3v) is 4.28. The molecule has 1 atom stereocenters. The Labute approximate surface area is 137 Å². The summed E-state index contributed by atoms with van der Waals surface area (Å²) in [6.07, 6.45) is 2.84. The van der Waals surface area contributed by atoms with Crippen LogP contribution in [0.25, 0.3) is 0 Å². The van der Waals surface area contributed by atoms with Gasteiger partial charge < -0.3 is 19.2 Å². The van der Waals surface area contributed by atoms with Gasteiger partial charge in [0.2, 0.25) is 0 Å². The number of methoxy groups -OCH3 is 2. The molecule has 1 aromatic heterocycles. The summed E-state index contributed by atoms with van der Waals surface area (Å²) >= 11 is 0. The van der Waals surface area contributed by atoms with E-state index >= 15 is 0 Å². The lowest BCUT2D eigenvalue weighted by molar-refractivity contribution is 0.211. The van der Waals surface area contributed by atoms with Crippen LogP contribution in [0.1, 0.15) is 23.8 Å². The zero-order valence-electron chi connectivity index (χ0n) is 13.7. The molecule has 5 nitrogen and oxygen atoms in total. The number of ether oxygens (including phenoxy) is 2. The van der Waals surface area contributed by atoms with Gasteiger partial charge in [0.25, 0.3) is 0 Å². The van der Waals surface area contributed by atoms with E-state index in [1.165, 1.54) is 0 Å². The quantitative estimate of drug-likeness (QED) is 0.919. The van der Waals surface area contributed by atoms with Crippen molar-refractivity contribution < 1.29 is 13.9 Å². The van der Waals surface area contributed by atoms with Gasteiger partial charge in [-0.2, -0.15) is 0 Å². The SMILES string of the molecule is COc1ccc(OC)c(C(c2ccco2)N2CCCNCC2)c1. The first kappa shape index (κ1) is 15.9. The molecule has 1 aromatic carbocycles. The number of hydrogen-bond acceptors (Lipinski definition) is 5. The van der Waals surface area contributed by atoms with Crippen molar-refractivity contribution in [2.75, 3.05) is 40.4 Å². The molecule has 0 aliphatic carbocycles. The first-order valence-corrected chi connectivity index (χ1v) is 8.03. The zero-order chi connectivity index (χ0) is 16.1. The number of benzene rings is 1. The van der Waals surface area contributed by atoms with Gasteiger partial charge in [-0.3, -0.25) is 4.90 Å². The number of rotatable bonds is 5. The summed E-state index contributed by atoms with van der Waals surface area (Å²) in [6, 6.07) is 9.91. The van der Waals surface area contributed by atoms with E-state index in [0.717, 1.165) is 55.4 Å². The molecule has 1 aliphatic heterocycles. The molecule has 1 fully saturated rings. The molecule has 1 aliphatic rings. The predicted molar refractivity (Wildman–Crippen MR) is 89.2 cm³/mol. The van der Waals surface area contributed by atoms with Crippen LogP contribution in [0.5, 0.6) is 11.5 Å². The Balaban J connectivity index is 2.04. The van der Waals surface area contributed by atoms with Crippen molar-refractivity contribution in [1.29, 1.82) is 0 Å². The topological polar surface area (TPSA) is 46.9 Å². The van der Waals surface area contributed by atoms with Crippen molar-refractivity contribution >= 4 is 0 Å². The second kappa shape index (κ2) is 7.53. The Bertz CT molecular complexity index is 605. The van der Waals surface area contributed by atoms with E-state index in [2.05, 4.69) is 10.2 Å². The fraction of sp³-hybridized carbons (Fsp3) is 0.444. The van der Waals surface area contributed by atoms with Gasteiger partial charge in [0, 0.05) is 25.2 Å². The van der Waals surface area contributed by atoms with Crippen LogP contribution in [-0.4, -0.2) is 45.3 Å². The fourth-order valence-electron chi connectivity index (χ4n) is 3.15. The maximum absolute atomic E-state index is 5.76. The second-order valence-electron chi connectivity index (χ2n) is 5.67. The minimum Gasteiger partial charge on any atom is -0.497 e. The molecule has 0 saturated carbocycles. The van der Waals surface area contributed by atoms with Gasteiger partial charge in [-0.1, -0.05) is 0 Å². The van der Waals surface area contributed by atoms with Crippen LogP contribution < -0.4 is 14.8 Å². The zero-order valence-corrected chi connectivity index (χ0v) is 13.7. The van der Waals surface area contributed by atoms with Crippen molar-refractivity contribution in [1.82, 2.24) is 10.2 Å². The van der Waals surface area contributed by atoms with Crippen molar-refractivity contribution in [2.45, 2.75) is 12.5 Å². The molecule has 0 bridgehead atoms. The monoisotopic (exact) mass is 316 g/mol. The highest BCUT2D eigenvalue weighted by Gasteiger charge is 2.28. The van der Waals surface area contributed by atoms with Gasteiger partial charge in [-0.05, 0) is 43.3 Å². The number of furan rings is 1. The Hall–Kier alpha value is -1.98. The minimum absolute atomic E-state index is 0.0231. The van der Waals surface area contributed by atoms with Crippen LogP contribution in [0.4, 0.5) is 0 Å². The molecular weight excluding hydrogens is 292 g/mol. The highest BCUT2D eigenvalue weighted by atomic mass is 16.5. The van der Waals surface area contributed by atoms with Crippen LogP contribution in [0, 0.1) is 0 Å². The molecule has 2 aromatic rings. The van der Waals surface area contributed by atoms with E-state index in [0.29, 0.717) is 0 Å². The molecule has 1 N–H and O–H groups in total. The second-order valence-corrected chi connectivity index (χ2v) is 5.67. The van der Waals surface area contributed by atoms with Gasteiger partial charge in [0.1, 0.15) is 17.3 Å². The van der Waals surface area contributed by atoms with Crippen LogP contribution >= 0.6 is 0 Å². The molecule has 124 valence electrons. The number of nitrogens with one attached hydrogen (secondary N) is 1. The molecule has 1 saturated heterocycles. The lowest BCUT2D eigenvalue weighted by Crippen LogP contribution is -2.33. The summed E-state index contributed by atoms with van der Waals surface area (Å²) in [5, 5.41) is 3.45. The highest BCUT2D eigenvalue weighted by Crippen LogP contribution is 2.37. The van der Waals surface area contributed by atoms with Crippen molar-refractivity contribution in [3.63, 3.8) is 0 Å². The van der Waals surface area contributed by atoms with Crippen molar-refractivity contribution in [3.05, 3.63) is 47.9 Å². The molecule has 0 amide bonds. The van der Waals surface area contributed by atoms with Gasteiger partial charge in [0.05, 0.1) is 26.5 Å². The standard InChI is InChI=1S/C18H24N2O3/c1-21-14-6-7-16(22-2)15(13-14)18(17-5-3-12-23-17)20-10-4-8-19-9-11-20/h3,5-7,12-13,18-19H,4,8-11H2,1-2H3. The van der Waals surface area contributed by atoms with Crippen LogP contribution in [-0.2, 0) is 0 Å². The summed E-state index contributed by atoms with van der Waals surface area (Å²) < 4.78 is 16.8. The lowest BCUT2D eigenvalue weighted by Gasteiger charge is -2.30. The van der Waals surface area contributed by atoms with Gasteiger partial charge in [0.15, 0.2) is 0 Å². The third-order valence-electron chi connectivity index (χ3n) is 4.28. The van der Waals surface area contributed by atoms with Crippen molar-refractivity contribution in [3.8, 4) is 11.5 Å². The molecule has 23 heavy (non-hydrogen) atoms. The summed E-state index contributed by atoms with van der Waals surface area (Å²) in [4.78, 5) is 2.44. The maximum atomic E-state index is 5.76. The summed E-state index contributed by atoms with van der Waals surface area (Å²) in [5.41, 5.74) is 1.07. The van der Waals surface area contributed by atoms with E-state index < -0.39 is 0 Å². The first-order chi connectivity index (χ1) is 11.3. The average Bonchev–Trinajstić information content (AvgIpc) is 2.98. The average molecular weight is 316 g/mol. The fourth-order valence-corrected chi connectivity index (χ4v) is 3.15. The van der Waals surface area contributed by atoms with E-state index in [9.17, 15) is 0 Å². The van der Waals surface area contributed by atoms with Gasteiger partial charge in [-0.25, -0.2) is 0 Å².